The number of fused-ring (bicyclic) bond motifs is 1. The Hall–Kier alpha value is -3.99. The molecule has 2 aromatic carbocycles. The van der Waals surface area contributed by atoms with Crippen molar-refractivity contribution in [2.45, 2.75) is 17.5 Å². The van der Waals surface area contributed by atoms with Gasteiger partial charge >= 0.3 is 0 Å². The molecule has 3 heterocycles. The Morgan fingerprint density at radius 3 is 2.70 bits per heavy atom. The zero-order valence-corrected chi connectivity index (χ0v) is 18.0. The van der Waals surface area contributed by atoms with Crippen LogP contribution in [0.4, 0.5) is 4.39 Å². The molecule has 0 fully saturated rings. The van der Waals surface area contributed by atoms with Gasteiger partial charge in [0.15, 0.2) is 22.3 Å². The molecule has 0 atom stereocenters. The third-order valence-corrected chi connectivity index (χ3v) is 5.71. The molecule has 0 aliphatic carbocycles. The highest BCUT2D eigenvalue weighted by atomic mass is 32.2. The number of carbonyl (C=O) groups is 1. The maximum Gasteiger partial charge on any atom is 0.274 e. The highest BCUT2D eigenvalue weighted by Gasteiger charge is 2.22. The number of thioether (sulfide) groups is 1. The average molecular weight is 464 g/mol. The summed E-state index contributed by atoms with van der Waals surface area (Å²) >= 11 is 1.34. The maximum absolute atomic E-state index is 13.4. The Morgan fingerprint density at radius 2 is 1.88 bits per heavy atom. The van der Waals surface area contributed by atoms with E-state index in [1.165, 1.54) is 28.6 Å². The molecule has 33 heavy (non-hydrogen) atoms. The fourth-order valence-electron chi connectivity index (χ4n) is 3.21. The van der Waals surface area contributed by atoms with E-state index in [1.54, 1.807) is 36.7 Å². The first-order valence-electron chi connectivity index (χ1n) is 9.94. The molecule has 0 saturated heterocycles. The lowest BCUT2D eigenvalue weighted by Gasteiger charge is -2.09. The normalized spacial score (nSPS) is 12.0. The molecule has 0 saturated carbocycles. The maximum atomic E-state index is 13.4. The van der Waals surface area contributed by atoms with Crippen molar-refractivity contribution in [3.05, 3.63) is 83.7 Å². The van der Waals surface area contributed by atoms with Gasteiger partial charge in [-0.25, -0.2) is 19.0 Å². The van der Waals surface area contributed by atoms with E-state index in [4.69, 9.17) is 9.47 Å². The lowest BCUT2D eigenvalue weighted by molar-refractivity contribution is 0.0945. The van der Waals surface area contributed by atoms with Gasteiger partial charge in [0.05, 0.1) is 11.4 Å². The van der Waals surface area contributed by atoms with Crippen LogP contribution in [0, 0.1) is 5.82 Å². The van der Waals surface area contributed by atoms with Gasteiger partial charge in [-0.05, 0) is 48.0 Å². The first kappa shape index (κ1) is 20.9. The summed E-state index contributed by atoms with van der Waals surface area (Å²) in [5.41, 5.74) is 2.15. The standard InChI is InChI=1S/C22H17FN6O3S/c23-15-3-5-16(6-4-15)29-17(12-33-22-24-8-1-9-25-22)20(27-28-29)21(30)26-11-14-2-7-18-19(10-14)32-13-31-18/h1-10H,11-13H2,(H,26,30). The van der Waals surface area contributed by atoms with E-state index in [0.717, 1.165) is 5.56 Å². The molecule has 0 bridgehead atoms. The summed E-state index contributed by atoms with van der Waals surface area (Å²) in [6.07, 6.45) is 3.29. The Balaban J connectivity index is 1.38. The Bertz CT molecular complexity index is 1280. The lowest BCUT2D eigenvalue weighted by atomic mass is 10.2. The van der Waals surface area contributed by atoms with Crippen LogP contribution in [-0.4, -0.2) is 37.7 Å². The molecule has 1 amide bonds. The van der Waals surface area contributed by atoms with E-state index >= 15 is 0 Å². The molecule has 11 heteroatoms. The number of amides is 1. The molecule has 1 aliphatic rings. The predicted octanol–water partition coefficient (Wildman–Crippen LogP) is 3.15. The van der Waals surface area contributed by atoms with Gasteiger partial charge in [-0.15, -0.1) is 5.10 Å². The lowest BCUT2D eigenvalue weighted by Crippen LogP contribution is -2.24. The number of ether oxygens (including phenoxy) is 2. The number of hydrogen-bond acceptors (Lipinski definition) is 8. The summed E-state index contributed by atoms with van der Waals surface area (Å²) in [7, 11) is 0. The van der Waals surface area contributed by atoms with Crippen LogP contribution in [0.5, 0.6) is 11.5 Å². The number of hydrogen-bond donors (Lipinski definition) is 1. The summed E-state index contributed by atoms with van der Waals surface area (Å²) in [5.74, 6) is 0.903. The molecule has 166 valence electrons. The Morgan fingerprint density at radius 1 is 1.09 bits per heavy atom. The van der Waals surface area contributed by atoms with Crippen LogP contribution in [0.2, 0.25) is 0 Å². The molecule has 5 rings (SSSR count). The van der Waals surface area contributed by atoms with E-state index < -0.39 is 0 Å². The van der Waals surface area contributed by atoms with Crippen LogP contribution in [-0.2, 0) is 12.3 Å². The molecule has 4 aromatic rings. The van der Waals surface area contributed by atoms with Crippen molar-refractivity contribution >= 4 is 17.7 Å². The second-order valence-corrected chi connectivity index (χ2v) is 7.91. The van der Waals surface area contributed by atoms with Crippen molar-refractivity contribution in [3.63, 3.8) is 0 Å². The topological polar surface area (TPSA) is 104 Å². The predicted molar refractivity (Wildman–Crippen MR) is 117 cm³/mol. The number of aromatic nitrogens is 5. The van der Waals surface area contributed by atoms with Crippen molar-refractivity contribution in [1.29, 1.82) is 0 Å². The van der Waals surface area contributed by atoms with Gasteiger partial charge in [0, 0.05) is 24.7 Å². The smallest absolute Gasteiger partial charge is 0.274 e. The first-order valence-corrected chi connectivity index (χ1v) is 10.9. The quantitative estimate of drug-likeness (QED) is 0.329. The molecule has 1 aliphatic heterocycles. The van der Waals surface area contributed by atoms with Crippen molar-refractivity contribution in [3.8, 4) is 17.2 Å². The number of nitrogens with one attached hydrogen (secondary N) is 1. The van der Waals surface area contributed by atoms with E-state index in [1.807, 2.05) is 12.1 Å². The molecular formula is C22H17FN6O3S. The largest absolute Gasteiger partial charge is 0.454 e. The van der Waals surface area contributed by atoms with Gasteiger partial charge < -0.3 is 14.8 Å². The van der Waals surface area contributed by atoms with Crippen molar-refractivity contribution < 1.29 is 18.7 Å². The SMILES string of the molecule is O=C(NCc1ccc2c(c1)OCO2)c1nnn(-c2ccc(F)cc2)c1CSc1ncccn1. The van der Waals surface area contributed by atoms with E-state index in [-0.39, 0.29) is 30.8 Å². The first-order chi connectivity index (χ1) is 16.2. The number of halogens is 1. The minimum Gasteiger partial charge on any atom is -0.454 e. The van der Waals surface area contributed by atoms with Crippen LogP contribution >= 0.6 is 11.8 Å². The van der Waals surface area contributed by atoms with Crippen LogP contribution in [0.25, 0.3) is 5.69 Å². The number of benzene rings is 2. The Labute approximate surface area is 192 Å². The third-order valence-electron chi connectivity index (χ3n) is 4.82. The number of rotatable bonds is 7. The number of nitrogens with zero attached hydrogens (tertiary/aromatic N) is 5. The van der Waals surface area contributed by atoms with Crippen LogP contribution < -0.4 is 14.8 Å². The monoisotopic (exact) mass is 464 g/mol. The van der Waals surface area contributed by atoms with Gasteiger partial charge in [0.2, 0.25) is 6.79 Å². The molecule has 0 radical (unpaired) electrons. The van der Waals surface area contributed by atoms with Gasteiger partial charge in [0.1, 0.15) is 5.82 Å². The molecule has 0 unspecified atom stereocenters. The van der Waals surface area contributed by atoms with Gasteiger partial charge in [-0.1, -0.05) is 23.0 Å². The van der Waals surface area contributed by atoms with Crippen molar-refractivity contribution in [2.24, 2.45) is 0 Å². The fourth-order valence-corrected chi connectivity index (χ4v) is 4.00. The summed E-state index contributed by atoms with van der Waals surface area (Å²) in [6.45, 7) is 0.455. The van der Waals surface area contributed by atoms with Gasteiger partial charge in [0.25, 0.3) is 5.91 Å². The highest BCUT2D eigenvalue weighted by molar-refractivity contribution is 7.98. The number of carbonyl (C=O) groups excluding carboxylic acids is 1. The van der Waals surface area contributed by atoms with E-state index in [9.17, 15) is 9.18 Å². The minimum absolute atomic E-state index is 0.170. The third kappa shape index (κ3) is 4.62. The molecule has 2 aromatic heterocycles. The Kier molecular flexibility index (Phi) is 5.85. The van der Waals surface area contributed by atoms with Crippen molar-refractivity contribution in [1.82, 2.24) is 30.3 Å². The van der Waals surface area contributed by atoms with Crippen LogP contribution in [0.1, 0.15) is 21.7 Å². The summed E-state index contributed by atoms with van der Waals surface area (Å²) in [5, 5.41) is 11.7. The summed E-state index contributed by atoms with van der Waals surface area (Å²) < 4.78 is 25.6. The molecule has 1 N–H and O–H groups in total. The fraction of sp³-hybridized carbons (Fsp3) is 0.136. The van der Waals surface area contributed by atoms with Gasteiger partial charge in [-0.2, -0.15) is 0 Å². The van der Waals surface area contributed by atoms with Gasteiger partial charge in [-0.3, -0.25) is 4.79 Å². The molecule has 0 spiro atoms. The zero-order valence-electron chi connectivity index (χ0n) is 17.1. The van der Waals surface area contributed by atoms with E-state index in [2.05, 4.69) is 25.6 Å². The van der Waals surface area contributed by atoms with Crippen molar-refractivity contribution in [2.75, 3.05) is 6.79 Å². The molecule has 9 nitrogen and oxygen atoms in total. The zero-order chi connectivity index (χ0) is 22.6. The average Bonchev–Trinajstić information content (AvgIpc) is 3.49. The summed E-state index contributed by atoms with van der Waals surface area (Å²) in [6, 6.07) is 13.0. The van der Waals surface area contributed by atoms with E-state index in [0.29, 0.717) is 33.8 Å². The molecular weight excluding hydrogens is 447 g/mol. The second kappa shape index (κ2) is 9.25. The van der Waals surface area contributed by atoms with Crippen LogP contribution in [0.15, 0.2) is 66.1 Å². The second-order valence-electron chi connectivity index (χ2n) is 6.96. The highest BCUT2D eigenvalue weighted by Crippen LogP contribution is 2.32. The minimum atomic E-state index is -0.384. The summed E-state index contributed by atoms with van der Waals surface area (Å²) in [4.78, 5) is 21.4. The van der Waals surface area contributed by atoms with Crippen LogP contribution in [0.3, 0.4) is 0 Å².